The standard InChI is InChI=1S/C13H18N2O3/c1-3-10-7-15-9(2)13(18)11(10)8-14-6-4-5-12(16)17/h6-7,18H,3-5,8H2,1-2H3,(H,16,17). The largest absolute Gasteiger partial charge is 0.506 e. The highest BCUT2D eigenvalue weighted by Crippen LogP contribution is 2.24. The van der Waals surface area contributed by atoms with Crippen LogP contribution in [0.2, 0.25) is 0 Å². The summed E-state index contributed by atoms with van der Waals surface area (Å²) in [5, 5.41) is 18.4. The molecule has 1 aromatic heterocycles. The fraction of sp³-hybridized carbons (Fsp3) is 0.462. The maximum Gasteiger partial charge on any atom is 0.303 e. The van der Waals surface area contributed by atoms with Gasteiger partial charge >= 0.3 is 5.97 Å². The fourth-order valence-corrected chi connectivity index (χ4v) is 1.60. The molecular formula is C13H18N2O3. The van der Waals surface area contributed by atoms with E-state index in [4.69, 9.17) is 5.11 Å². The lowest BCUT2D eigenvalue weighted by molar-refractivity contribution is -0.136. The van der Waals surface area contributed by atoms with Gasteiger partial charge in [0.2, 0.25) is 0 Å². The Hall–Kier alpha value is -1.91. The highest BCUT2D eigenvalue weighted by atomic mass is 16.4. The van der Waals surface area contributed by atoms with Crippen molar-refractivity contribution in [3.63, 3.8) is 0 Å². The molecule has 0 radical (unpaired) electrons. The summed E-state index contributed by atoms with van der Waals surface area (Å²) >= 11 is 0. The molecule has 0 bridgehead atoms. The molecule has 0 amide bonds. The van der Waals surface area contributed by atoms with Crippen LogP contribution < -0.4 is 0 Å². The zero-order chi connectivity index (χ0) is 13.5. The molecule has 1 heterocycles. The van der Waals surface area contributed by atoms with Crippen molar-refractivity contribution in [2.24, 2.45) is 4.99 Å². The van der Waals surface area contributed by atoms with Crippen molar-refractivity contribution < 1.29 is 15.0 Å². The molecule has 0 unspecified atom stereocenters. The van der Waals surface area contributed by atoms with Crippen LogP contribution in [0.4, 0.5) is 0 Å². The Bertz CT molecular complexity index is 456. The van der Waals surface area contributed by atoms with Crippen molar-refractivity contribution in [2.75, 3.05) is 0 Å². The Morgan fingerprint density at radius 2 is 2.28 bits per heavy atom. The molecule has 5 heteroatoms. The SMILES string of the molecule is CCc1cnc(C)c(O)c1CN=CCCC(=O)O. The summed E-state index contributed by atoms with van der Waals surface area (Å²) in [6.07, 6.45) is 4.59. The molecule has 2 N–H and O–H groups in total. The van der Waals surface area contributed by atoms with E-state index in [-0.39, 0.29) is 12.2 Å². The third-order valence-corrected chi connectivity index (χ3v) is 2.68. The Kier molecular flexibility index (Phi) is 5.30. The Morgan fingerprint density at radius 1 is 1.56 bits per heavy atom. The van der Waals surface area contributed by atoms with Crippen molar-refractivity contribution in [3.8, 4) is 5.75 Å². The molecule has 0 aliphatic carbocycles. The van der Waals surface area contributed by atoms with Crippen LogP contribution in [0.5, 0.6) is 5.75 Å². The number of aromatic hydroxyl groups is 1. The van der Waals surface area contributed by atoms with Gasteiger partial charge in [-0.2, -0.15) is 0 Å². The van der Waals surface area contributed by atoms with Crippen molar-refractivity contribution in [3.05, 3.63) is 23.0 Å². The summed E-state index contributed by atoms with van der Waals surface area (Å²) in [7, 11) is 0. The average Bonchev–Trinajstić information content (AvgIpc) is 2.33. The van der Waals surface area contributed by atoms with Gasteiger partial charge in [0.25, 0.3) is 0 Å². The number of aryl methyl sites for hydroxylation is 2. The Balaban J connectivity index is 2.71. The molecule has 5 nitrogen and oxygen atoms in total. The van der Waals surface area contributed by atoms with E-state index >= 15 is 0 Å². The molecule has 1 rings (SSSR count). The van der Waals surface area contributed by atoms with Gasteiger partial charge in [-0.25, -0.2) is 0 Å². The van der Waals surface area contributed by atoms with E-state index in [0.717, 1.165) is 17.5 Å². The molecule has 0 spiro atoms. The predicted octanol–water partition coefficient (Wildman–Crippen LogP) is 2.09. The van der Waals surface area contributed by atoms with E-state index in [2.05, 4.69) is 9.98 Å². The first kappa shape index (κ1) is 14.2. The minimum absolute atomic E-state index is 0.0749. The van der Waals surface area contributed by atoms with Gasteiger partial charge in [0, 0.05) is 11.8 Å². The molecular weight excluding hydrogens is 232 g/mol. The maximum absolute atomic E-state index is 10.3. The first-order chi connectivity index (χ1) is 8.56. The van der Waals surface area contributed by atoms with E-state index in [0.29, 0.717) is 18.7 Å². The van der Waals surface area contributed by atoms with E-state index < -0.39 is 5.97 Å². The molecule has 0 aliphatic rings. The predicted molar refractivity (Wildman–Crippen MR) is 69.1 cm³/mol. The molecule has 18 heavy (non-hydrogen) atoms. The summed E-state index contributed by atoms with van der Waals surface area (Å²) in [6.45, 7) is 4.09. The molecule has 98 valence electrons. The zero-order valence-electron chi connectivity index (χ0n) is 10.7. The first-order valence-corrected chi connectivity index (χ1v) is 5.92. The number of carbonyl (C=O) groups is 1. The monoisotopic (exact) mass is 250 g/mol. The molecule has 0 aromatic carbocycles. The summed E-state index contributed by atoms with van der Waals surface area (Å²) in [5.74, 6) is -0.650. The van der Waals surface area contributed by atoms with Gasteiger partial charge in [-0.1, -0.05) is 6.92 Å². The molecule has 0 fully saturated rings. The van der Waals surface area contributed by atoms with Gasteiger partial charge in [0.15, 0.2) is 0 Å². The van der Waals surface area contributed by atoms with Crippen LogP contribution in [0.3, 0.4) is 0 Å². The number of hydrogen-bond donors (Lipinski definition) is 2. The molecule has 1 aromatic rings. The van der Waals surface area contributed by atoms with Gasteiger partial charge in [-0.15, -0.1) is 0 Å². The van der Waals surface area contributed by atoms with E-state index in [1.807, 2.05) is 6.92 Å². The van der Waals surface area contributed by atoms with E-state index in [1.165, 1.54) is 0 Å². The van der Waals surface area contributed by atoms with Crippen LogP contribution in [0.15, 0.2) is 11.2 Å². The van der Waals surface area contributed by atoms with Crippen LogP contribution in [-0.4, -0.2) is 27.4 Å². The van der Waals surface area contributed by atoms with E-state index in [1.54, 1.807) is 19.3 Å². The highest BCUT2D eigenvalue weighted by molar-refractivity contribution is 5.71. The number of rotatable bonds is 6. The number of aliphatic imine (C=N–C) groups is 1. The van der Waals surface area contributed by atoms with Crippen molar-refractivity contribution in [2.45, 2.75) is 39.7 Å². The van der Waals surface area contributed by atoms with Crippen molar-refractivity contribution >= 4 is 12.2 Å². The van der Waals surface area contributed by atoms with Gasteiger partial charge in [0.1, 0.15) is 5.75 Å². The summed E-state index contributed by atoms with van der Waals surface area (Å²) in [5.41, 5.74) is 2.33. The van der Waals surface area contributed by atoms with Gasteiger partial charge < -0.3 is 10.2 Å². The minimum atomic E-state index is -0.835. The van der Waals surface area contributed by atoms with Crippen LogP contribution >= 0.6 is 0 Å². The average molecular weight is 250 g/mol. The molecule has 0 saturated heterocycles. The lowest BCUT2D eigenvalue weighted by Crippen LogP contribution is -1.98. The first-order valence-electron chi connectivity index (χ1n) is 5.92. The summed E-state index contributed by atoms with van der Waals surface area (Å²) in [4.78, 5) is 18.6. The number of aromatic nitrogens is 1. The normalized spacial score (nSPS) is 11.0. The number of pyridine rings is 1. The van der Waals surface area contributed by atoms with Crippen molar-refractivity contribution in [1.29, 1.82) is 0 Å². The van der Waals surface area contributed by atoms with Gasteiger partial charge in [-0.05, 0) is 31.5 Å². The Labute approximate surface area is 106 Å². The zero-order valence-corrected chi connectivity index (χ0v) is 10.7. The molecule has 0 atom stereocenters. The molecule has 0 saturated carbocycles. The van der Waals surface area contributed by atoms with Crippen LogP contribution in [0, 0.1) is 6.92 Å². The topological polar surface area (TPSA) is 82.8 Å². The fourth-order valence-electron chi connectivity index (χ4n) is 1.60. The third kappa shape index (κ3) is 3.84. The summed E-state index contributed by atoms with van der Waals surface area (Å²) in [6, 6.07) is 0. The second kappa shape index (κ2) is 6.74. The number of nitrogens with zero attached hydrogens (tertiary/aromatic N) is 2. The number of hydrogen-bond acceptors (Lipinski definition) is 4. The lowest BCUT2D eigenvalue weighted by atomic mass is 10.1. The minimum Gasteiger partial charge on any atom is -0.506 e. The second-order valence-corrected chi connectivity index (χ2v) is 4.01. The quantitative estimate of drug-likeness (QED) is 0.757. The maximum atomic E-state index is 10.3. The van der Waals surface area contributed by atoms with Crippen LogP contribution in [-0.2, 0) is 17.8 Å². The number of carboxylic acids is 1. The molecule has 0 aliphatic heterocycles. The Morgan fingerprint density at radius 3 is 2.89 bits per heavy atom. The number of carboxylic acid groups (broad SMARTS) is 1. The van der Waals surface area contributed by atoms with Crippen LogP contribution in [0.25, 0.3) is 0 Å². The van der Waals surface area contributed by atoms with Crippen LogP contribution in [0.1, 0.15) is 36.6 Å². The lowest BCUT2D eigenvalue weighted by Gasteiger charge is -2.09. The number of aliphatic carboxylic acids is 1. The third-order valence-electron chi connectivity index (χ3n) is 2.68. The highest BCUT2D eigenvalue weighted by Gasteiger charge is 2.09. The van der Waals surface area contributed by atoms with Gasteiger partial charge in [-0.3, -0.25) is 14.8 Å². The summed E-state index contributed by atoms with van der Waals surface area (Å²) < 4.78 is 0. The second-order valence-electron chi connectivity index (χ2n) is 4.01. The smallest absolute Gasteiger partial charge is 0.303 e. The van der Waals surface area contributed by atoms with Gasteiger partial charge in [0.05, 0.1) is 18.7 Å². The van der Waals surface area contributed by atoms with Crippen molar-refractivity contribution in [1.82, 2.24) is 4.98 Å². The van der Waals surface area contributed by atoms with E-state index in [9.17, 15) is 9.90 Å².